The second-order valence-corrected chi connectivity index (χ2v) is 6.33. The summed E-state index contributed by atoms with van der Waals surface area (Å²) in [5.41, 5.74) is 1.72. The number of benzene rings is 2. The van der Waals surface area contributed by atoms with Gasteiger partial charge in [-0.3, -0.25) is 0 Å². The fourth-order valence-electron chi connectivity index (χ4n) is 2.56. The molecule has 0 fully saturated rings. The van der Waals surface area contributed by atoms with Crippen molar-refractivity contribution >= 4 is 0 Å². The largest absolute Gasteiger partial charge is 0.493 e. The van der Waals surface area contributed by atoms with Crippen LogP contribution in [0, 0.1) is 18.3 Å². The molecule has 1 N–H and O–H groups in total. The summed E-state index contributed by atoms with van der Waals surface area (Å²) < 4.78 is 11.3. The molecule has 0 amide bonds. The van der Waals surface area contributed by atoms with Gasteiger partial charge in [0, 0.05) is 13.1 Å². The number of nitrogens with zero attached hydrogens (tertiary/aromatic N) is 2. The fourth-order valence-corrected chi connectivity index (χ4v) is 2.56. The Labute approximate surface area is 155 Å². The highest BCUT2D eigenvalue weighted by atomic mass is 16.5. The van der Waals surface area contributed by atoms with Crippen molar-refractivity contribution in [1.82, 2.24) is 4.90 Å². The first-order valence-corrected chi connectivity index (χ1v) is 8.76. The molecule has 2 aromatic carbocycles. The molecule has 1 unspecified atom stereocenters. The molecular weight excluding hydrogens is 328 g/mol. The maximum absolute atomic E-state index is 10.1. The molecule has 5 heteroatoms. The van der Waals surface area contributed by atoms with E-state index in [1.165, 1.54) is 0 Å². The summed E-state index contributed by atoms with van der Waals surface area (Å²) in [5.74, 6) is 1.57. The summed E-state index contributed by atoms with van der Waals surface area (Å²) in [4.78, 5) is 2.06. The van der Waals surface area contributed by atoms with E-state index in [9.17, 15) is 5.11 Å². The SMILES string of the molecule is Cc1ccccc1OCCCN(C)CC(O)COc1ccc(C#N)cc1. The predicted octanol–water partition coefficient (Wildman–Crippen LogP) is 3.01. The lowest BCUT2D eigenvalue weighted by Crippen LogP contribution is -2.34. The molecule has 138 valence electrons. The standard InChI is InChI=1S/C21H26N2O3/c1-17-6-3-4-7-21(17)25-13-5-12-23(2)15-19(24)16-26-20-10-8-18(14-22)9-11-20/h3-4,6-11,19,24H,5,12-13,15-16H2,1-2H3. The molecule has 0 aliphatic rings. The number of aliphatic hydroxyl groups is 1. The van der Waals surface area contributed by atoms with Crippen molar-refractivity contribution in [2.75, 3.05) is 33.4 Å². The van der Waals surface area contributed by atoms with Gasteiger partial charge in [0.15, 0.2) is 0 Å². The van der Waals surface area contributed by atoms with Gasteiger partial charge in [0.05, 0.1) is 18.2 Å². The van der Waals surface area contributed by atoms with Gasteiger partial charge in [-0.25, -0.2) is 0 Å². The molecule has 0 aliphatic carbocycles. The van der Waals surface area contributed by atoms with E-state index in [1.807, 2.05) is 38.2 Å². The van der Waals surface area contributed by atoms with Gasteiger partial charge in [-0.1, -0.05) is 18.2 Å². The van der Waals surface area contributed by atoms with Crippen LogP contribution < -0.4 is 9.47 Å². The van der Waals surface area contributed by atoms with Gasteiger partial charge in [0.1, 0.15) is 24.2 Å². The topological polar surface area (TPSA) is 65.7 Å². The van der Waals surface area contributed by atoms with E-state index in [-0.39, 0.29) is 6.61 Å². The Morgan fingerprint density at radius 2 is 1.85 bits per heavy atom. The Hall–Kier alpha value is -2.55. The maximum Gasteiger partial charge on any atom is 0.122 e. The minimum atomic E-state index is -0.576. The molecule has 2 rings (SSSR count). The van der Waals surface area contributed by atoms with Crippen LogP contribution in [0.4, 0.5) is 0 Å². The molecule has 1 atom stereocenters. The van der Waals surface area contributed by atoms with E-state index in [4.69, 9.17) is 14.7 Å². The van der Waals surface area contributed by atoms with Gasteiger partial charge in [0.2, 0.25) is 0 Å². The highest BCUT2D eigenvalue weighted by Gasteiger charge is 2.09. The van der Waals surface area contributed by atoms with Gasteiger partial charge < -0.3 is 19.5 Å². The number of para-hydroxylation sites is 1. The van der Waals surface area contributed by atoms with Crippen LogP contribution in [-0.4, -0.2) is 49.5 Å². The van der Waals surface area contributed by atoms with E-state index in [0.29, 0.717) is 24.5 Å². The Balaban J connectivity index is 1.61. The van der Waals surface area contributed by atoms with Crippen LogP contribution in [0.15, 0.2) is 48.5 Å². The van der Waals surface area contributed by atoms with Crippen molar-refractivity contribution < 1.29 is 14.6 Å². The lowest BCUT2D eigenvalue weighted by atomic mass is 10.2. The number of hydrogen-bond donors (Lipinski definition) is 1. The quantitative estimate of drug-likeness (QED) is 0.665. The second kappa shape index (κ2) is 10.4. The Kier molecular flexibility index (Phi) is 7.94. The van der Waals surface area contributed by atoms with Crippen molar-refractivity contribution in [2.24, 2.45) is 0 Å². The molecule has 0 saturated carbocycles. The highest BCUT2D eigenvalue weighted by Crippen LogP contribution is 2.16. The minimum Gasteiger partial charge on any atom is -0.493 e. The molecule has 5 nitrogen and oxygen atoms in total. The van der Waals surface area contributed by atoms with Gasteiger partial charge in [-0.15, -0.1) is 0 Å². The summed E-state index contributed by atoms with van der Waals surface area (Å²) in [6.45, 7) is 4.26. The van der Waals surface area contributed by atoms with Crippen LogP contribution in [0.2, 0.25) is 0 Å². The minimum absolute atomic E-state index is 0.218. The van der Waals surface area contributed by atoms with Gasteiger partial charge in [-0.2, -0.15) is 5.26 Å². The van der Waals surface area contributed by atoms with Crippen molar-refractivity contribution in [1.29, 1.82) is 5.26 Å². The first-order chi connectivity index (χ1) is 12.6. The van der Waals surface area contributed by atoms with Crippen LogP contribution in [-0.2, 0) is 0 Å². The lowest BCUT2D eigenvalue weighted by molar-refractivity contribution is 0.0748. The number of nitriles is 1. The third-order valence-corrected chi connectivity index (χ3v) is 3.98. The number of likely N-dealkylation sites (N-methyl/N-ethyl adjacent to an activating group) is 1. The molecule has 26 heavy (non-hydrogen) atoms. The summed E-state index contributed by atoms with van der Waals surface area (Å²) in [6.07, 6.45) is 0.307. The van der Waals surface area contributed by atoms with Crippen molar-refractivity contribution in [3.63, 3.8) is 0 Å². The molecular formula is C21H26N2O3. The fraction of sp³-hybridized carbons (Fsp3) is 0.381. The van der Waals surface area contributed by atoms with E-state index < -0.39 is 6.10 Å². The zero-order chi connectivity index (χ0) is 18.8. The van der Waals surface area contributed by atoms with Crippen LogP contribution in [0.1, 0.15) is 17.5 Å². The van der Waals surface area contributed by atoms with Crippen LogP contribution in [0.25, 0.3) is 0 Å². The van der Waals surface area contributed by atoms with E-state index in [1.54, 1.807) is 24.3 Å². The Bertz CT molecular complexity index is 710. The second-order valence-electron chi connectivity index (χ2n) is 6.33. The molecule has 0 spiro atoms. The molecule has 2 aromatic rings. The van der Waals surface area contributed by atoms with Crippen molar-refractivity contribution in [2.45, 2.75) is 19.4 Å². The Morgan fingerprint density at radius 1 is 1.12 bits per heavy atom. The van der Waals surface area contributed by atoms with Gasteiger partial charge in [0.25, 0.3) is 0 Å². The average Bonchev–Trinajstić information content (AvgIpc) is 2.65. The summed E-state index contributed by atoms with van der Waals surface area (Å²) in [6, 6.07) is 16.9. The van der Waals surface area contributed by atoms with E-state index in [2.05, 4.69) is 11.0 Å². The molecule has 0 aliphatic heterocycles. The average molecular weight is 354 g/mol. The summed E-state index contributed by atoms with van der Waals surface area (Å²) in [5, 5.41) is 18.9. The monoisotopic (exact) mass is 354 g/mol. The number of rotatable bonds is 10. The van der Waals surface area contributed by atoms with E-state index >= 15 is 0 Å². The zero-order valence-electron chi connectivity index (χ0n) is 15.4. The van der Waals surface area contributed by atoms with Crippen LogP contribution in [0.3, 0.4) is 0 Å². The lowest BCUT2D eigenvalue weighted by Gasteiger charge is -2.21. The number of aliphatic hydroxyl groups excluding tert-OH is 1. The number of ether oxygens (including phenoxy) is 2. The normalized spacial score (nSPS) is 11.8. The molecule has 0 bridgehead atoms. The van der Waals surface area contributed by atoms with Crippen LogP contribution >= 0.6 is 0 Å². The molecule has 0 heterocycles. The maximum atomic E-state index is 10.1. The summed E-state index contributed by atoms with van der Waals surface area (Å²) in [7, 11) is 1.97. The number of aryl methyl sites for hydroxylation is 1. The third kappa shape index (κ3) is 6.75. The van der Waals surface area contributed by atoms with E-state index in [0.717, 1.165) is 24.3 Å². The molecule has 0 saturated heterocycles. The predicted molar refractivity (Wildman–Crippen MR) is 101 cm³/mol. The van der Waals surface area contributed by atoms with Gasteiger partial charge >= 0.3 is 0 Å². The van der Waals surface area contributed by atoms with Crippen LogP contribution in [0.5, 0.6) is 11.5 Å². The van der Waals surface area contributed by atoms with Crippen molar-refractivity contribution in [3.8, 4) is 17.6 Å². The smallest absolute Gasteiger partial charge is 0.122 e. The summed E-state index contributed by atoms with van der Waals surface area (Å²) >= 11 is 0. The Morgan fingerprint density at radius 3 is 2.54 bits per heavy atom. The molecule has 0 aromatic heterocycles. The zero-order valence-corrected chi connectivity index (χ0v) is 15.4. The third-order valence-electron chi connectivity index (χ3n) is 3.98. The highest BCUT2D eigenvalue weighted by molar-refractivity contribution is 5.34. The van der Waals surface area contributed by atoms with Gasteiger partial charge in [-0.05, 0) is 56.3 Å². The van der Waals surface area contributed by atoms with Crippen molar-refractivity contribution in [3.05, 3.63) is 59.7 Å². The first-order valence-electron chi connectivity index (χ1n) is 8.76. The molecule has 0 radical (unpaired) electrons. The first kappa shape index (κ1) is 19.8. The number of hydrogen-bond acceptors (Lipinski definition) is 5.